The molecule has 6 N–H and O–H groups in total. The van der Waals surface area contributed by atoms with Gasteiger partial charge in [-0.3, -0.25) is 13.2 Å². The summed E-state index contributed by atoms with van der Waals surface area (Å²) in [7, 11) is -5.73. The molecular formula is C63H129Cl2N7O22S3Si3. The highest BCUT2D eigenvalue weighted by Gasteiger charge is 2.39. The van der Waals surface area contributed by atoms with Crippen molar-refractivity contribution in [1.29, 1.82) is 21.0 Å². The molecule has 1 fully saturated rings. The molecule has 0 saturated carbocycles. The molecule has 100 heavy (non-hydrogen) atoms. The van der Waals surface area contributed by atoms with Gasteiger partial charge < -0.3 is 53.5 Å². The number of hydrogen-bond acceptors (Lipinski definition) is 29. The van der Waals surface area contributed by atoms with E-state index in [9.17, 15) is 34.8 Å². The Morgan fingerprint density at radius 2 is 1.13 bits per heavy atom. The molecule has 0 aromatic carbocycles. The summed E-state index contributed by atoms with van der Waals surface area (Å²) in [6, 6.07) is 7.72. The van der Waals surface area contributed by atoms with Crippen LogP contribution in [0.3, 0.4) is 0 Å². The van der Waals surface area contributed by atoms with E-state index >= 15 is 0 Å². The van der Waals surface area contributed by atoms with Crippen molar-refractivity contribution in [1.82, 2.24) is 15.6 Å². The molecule has 1 aliphatic rings. The third-order valence-corrected chi connectivity index (χ3v) is 29.0. The molecule has 4 unspecified atom stereocenters. The van der Waals surface area contributed by atoms with E-state index in [2.05, 4.69) is 146 Å². The fourth-order valence-electron chi connectivity index (χ4n) is 4.69. The summed E-state index contributed by atoms with van der Waals surface area (Å²) in [5.41, 5.74) is 1.91. The van der Waals surface area contributed by atoms with Gasteiger partial charge >= 0.3 is 12.3 Å². The van der Waals surface area contributed by atoms with Crippen molar-refractivity contribution in [3.05, 3.63) is 24.3 Å². The van der Waals surface area contributed by atoms with Gasteiger partial charge in [0, 0.05) is 82.3 Å². The molecule has 0 amide bonds. The lowest BCUT2D eigenvalue weighted by molar-refractivity contribution is -0.172. The first kappa shape index (κ1) is 112. The van der Waals surface area contributed by atoms with Gasteiger partial charge in [0.1, 0.15) is 11.2 Å². The second kappa shape index (κ2) is 56.0. The number of aliphatic hydroxyl groups is 5. The molecule has 1 rings (SSSR count). The molecule has 1 heterocycles. The molecular weight excluding hydrogens is 1460 g/mol. The Labute approximate surface area is 614 Å². The topological polar surface area (TPSA) is 434 Å². The van der Waals surface area contributed by atoms with Gasteiger partial charge in [-0.1, -0.05) is 88.6 Å². The van der Waals surface area contributed by atoms with Crippen LogP contribution in [-0.2, 0) is 70.5 Å². The fourth-order valence-corrected chi connectivity index (χ4v) is 7.85. The fraction of sp³-hybridized carbons (Fsp3) is 0.841. The van der Waals surface area contributed by atoms with Gasteiger partial charge in [-0.05, 0) is 121 Å². The minimum Gasteiger partial charge on any atom is -0.427 e. The number of hydroxylamine groups is 5. The lowest BCUT2D eigenvalue weighted by Gasteiger charge is -2.37. The SMILES string of the molecule is C=C(C#N)CCN(C)OC(=O)OC(C)(C)C.C=C(C#N)CCOS(C)(=O)=O.CC(C)(C)[Si](C)(C)Cl.CC(C)(C)[Si](C)(C)OCCCC(CO[Si](C)(C)C(C)(C)C)OS(C)(=O)=O.CN1CCC(C#N)CO1.CNOC(=O)OC(C)(C)C.CS(=O)(=O)Cl.N#CC(CO)CCO.OCCC(O)CO. The van der Waals surface area contributed by atoms with Crippen molar-refractivity contribution < 1.29 is 102 Å². The average molecular weight is 1590 g/mol. The molecule has 0 spiro atoms. The first-order chi connectivity index (χ1) is 44.7. The zero-order chi connectivity index (χ0) is 81.2. The van der Waals surface area contributed by atoms with Crippen molar-refractivity contribution >= 4 is 87.4 Å². The highest BCUT2D eigenvalue weighted by Crippen LogP contribution is 2.39. The summed E-state index contributed by atoms with van der Waals surface area (Å²) in [6.45, 7) is 52.5. The van der Waals surface area contributed by atoms with Gasteiger partial charge in [-0.25, -0.2) is 18.0 Å². The maximum atomic E-state index is 11.6. The molecule has 1 aliphatic heterocycles. The molecule has 0 aromatic rings. The Morgan fingerprint density at radius 3 is 1.43 bits per heavy atom. The third-order valence-electron chi connectivity index (χ3n) is 13.4. The Bertz CT molecular complexity index is 2740. The lowest BCUT2D eigenvalue weighted by Crippen LogP contribution is -2.43. The van der Waals surface area contributed by atoms with E-state index in [0.717, 1.165) is 38.2 Å². The first-order valence-corrected chi connectivity index (χ1v) is 48.0. The van der Waals surface area contributed by atoms with E-state index in [1.165, 1.54) is 12.1 Å². The van der Waals surface area contributed by atoms with Gasteiger partial charge in [0.25, 0.3) is 20.2 Å². The number of nitrogens with zero attached hydrogens (tertiary/aromatic N) is 6. The minimum atomic E-state index is -3.51. The van der Waals surface area contributed by atoms with Crippen molar-refractivity contribution in [3.63, 3.8) is 0 Å². The maximum Gasteiger partial charge on any atom is 0.528 e. The van der Waals surface area contributed by atoms with Crippen molar-refractivity contribution in [2.24, 2.45) is 11.8 Å². The quantitative estimate of drug-likeness (QED) is 0.00722. The van der Waals surface area contributed by atoms with Crippen LogP contribution in [0.4, 0.5) is 9.59 Å². The largest absolute Gasteiger partial charge is 0.528 e. The van der Waals surface area contributed by atoms with Crippen LogP contribution < -0.4 is 5.48 Å². The van der Waals surface area contributed by atoms with Gasteiger partial charge in [-0.2, -0.15) is 59.5 Å². The van der Waals surface area contributed by atoms with Crippen LogP contribution in [0, 0.1) is 57.2 Å². The second-order valence-corrected chi connectivity index (χ2v) is 52.1. The summed E-state index contributed by atoms with van der Waals surface area (Å²) in [5.74, 6) is -0.277. The van der Waals surface area contributed by atoms with E-state index < -0.39 is 89.0 Å². The van der Waals surface area contributed by atoms with E-state index in [0.29, 0.717) is 61.8 Å². The molecule has 4 atom stereocenters. The molecule has 0 bridgehead atoms. The maximum absolute atomic E-state index is 11.6. The number of carbonyl (C=O) groups excluding carboxylic acids is 2. The summed E-state index contributed by atoms with van der Waals surface area (Å²) < 4.78 is 94.4. The number of halogens is 2. The zero-order valence-corrected chi connectivity index (χ0v) is 72.0. The zero-order valence-electron chi connectivity index (χ0n) is 65.1. The smallest absolute Gasteiger partial charge is 0.427 e. The molecule has 0 radical (unpaired) electrons. The van der Waals surface area contributed by atoms with Crippen molar-refractivity contribution in [2.75, 3.05) is 106 Å². The Balaban J connectivity index is -0.000000167. The molecule has 0 aliphatic carbocycles. The molecule has 1 saturated heterocycles. The lowest BCUT2D eigenvalue weighted by atomic mass is 10.1. The van der Waals surface area contributed by atoms with Crippen LogP contribution in [0.5, 0.6) is 0 Å². The standard InChI is InChI=1S/C18H42O5SSi2.C11H18N2O3.C6H15ClSi.C6H10N2O.C6H9NO3S.C6H13NO3.C5H9NO2.C4H10O3.CH3ClO2S/c1-17(2,3)25(8,9)21-14-12-13-16(23-24(7,19)20)15-22-26(10,11)18(4,5)6;1-9(8-12)6-7-13(5)16-10(14)15-11(2,3)4;1-6(2,3)8(4,5)7;1-8-3-2-6(4-7)5-9-8;1-6(5-7)3-4-10-11(2,8)9;1-6(2,3)9-5(8)10-7-4;6-3-5(4-8)1-2-7;5-2-1-4(7)3-6;1-5(2,3)4/h16H,12-15H2,1-11H3;1,6-7H2,2-5H3;1-5H3;6H,2-3,5H2,1H3;1,3-4H2,2H3;7H,1-4H3;5,7-8H,1-2,4H2;4-7H,1-3H2;1H3. The van der Waals surface area contributed by atoms with E-state index in [1.54, 1.807) is 59.7 Å². The number of nitrogens with one attached hydrogen (secondary N) is 1. The highest BCUT2D eigenvalue weighted by molar-refractivity contribution is 8.13. The number of aliphatic hydroxyl groups excluding tert-OH is 5. The number of nitriles is 4. The molecule has 37 heteroatoms. The van der Waals surface area contributed by atoms with Gasteiger partial charge in [0.15, 0.2) is 24.0 Å². The first-order valence-electron chi connectivity index (χ1n) is 31.9. The summed E-state index contributed by atoms with van der Waals surface area (Å²) >= 11 is 6.15. The Kier molecular flexibility index (Phi) is 62.9. The summed E-state index contributed by atoms with van der Waals surface area (Å²) in [5, 5.41) is 78.1. The number of carbonyl (C=O) groups is 2. The molecule has 29 nitrogen and oxygen atoms in total. The number of ether oxygens (including phenoxy) is 2. The van der Waals surface area contributed by atoms with Crippen LogP contribution in [0.15, 0.2) is 24.3 Å². The van der Waals surface area contributed by atoms with Gasteiger partial charge in [0.05, 0.1) is 100 Å². The predicted octanol–water partition coefficient (Wildman–Crippen LogP) is 10.9. The third kappa shape index (κ3) is 83.5. The number of rotatable bonds is 25. The predicted molar refractivity (Wildman–Crippen MR) is 400 cm³/mol. The Morgan fingerprint density at radius 1 is 0.700 bits per heavy atom. The highest BCUT2D eigenvalue weighted by atomic mass is 35.7. The van der Waals surface area contributed by atoms with Crippen LogP contribution in [0.2, 0.25) is 54.4 Å². The summed E-state index contributed by atoms with van der Waals surface area (Å²) in [4.78, 5) is 36.0. The molecule has 592 valence electrons. The van der Waals surface area contributed by atoms with Gasteiger partial charge in [0.2, 0.25) is 9.05 Å². The minimum absolute atomic E-state index is 0.00870. The van der Waals surface area contributed by atoms with Crippen molar-refractivity contribution in [3.8, 4) is 24.3 Å². The van der Waals surface area contributed by atoms with Gasteiger partial charge in [-0.15, -0.1) is 5.06 Å². The van der Waals surface area contributed by atoms with E-state index in [1.807, 2.05) is 19.2 Å². The van der Waals surface area contributed by atoms with E-state index in [-0.39, 0.29) is 67.8 Å². The second-order valence-electron chi connectivity index (χ2n) is 28.9. The monoisotopic (exact) mass is 1590 g/mol. The van der Waals surface area contributed by atoms with Crippen LogP contribution in [-0.4, -0.2) is 227 Å². The normalized spacial score (nSPS) is 14.5. The van der Waals surface area contributed by atoms with Crippen LogP contribution >= 0.6 is 21.8 Å². The van der Waals surface area contributed by atoms with Crippen LogP contribution in [0.1, 0.15) is 149 Å². The van der Waals surface area contributed by atoms with E-state index in [4.69, 9.17) is 89.8 Å². The summed E-state index contributed by atoms with van der Waals surface area (Å²) in [6.07, 6.45) is 3.95. The average Bonchev–Trinajstić information content (AvgIpc) is 0.850. The van der Waals surface area contributed by atoms with Crippen LogP contribution in [0.25, 0.3) is 0 Å². The van der Waals surface area contributed by atoms with Crippen molar-refractivity contribution in [2.45, 2.75) is 227 Å². The molecule has 0 aromatic heterocycles. The Hall–Kier alpha value is -3.46. The number of hydrogen-bond donors (Lipinski definition) is 6.